The molecule has 0 radical (unpaired) electrons. The molecule has 0 spiro atoms. The first-order chi connectivity index (χ1) is 11.7. The summed E-state index contributed by atoms with van der Waals surface area (Å²) in [7, 11) is 1.62. The van der Waals surface area contributed by atoms with E-state index in [2.05, 4.69) is 5.32 Å². The summed E-state index contributed by atoms with van der Waals surface area (Å²) in [6, 6.07) is 14.7. The Morgan fingerprint density at radius 3 is 2.42 bits per heavy atom. The lowest BCUT2D eigenvalue weighted by Crippen LogP contribution is -3.11. The average Bonchev–Trinajstić information content (AvgIpc) is 3.12. The van der Waals surface area contributed by atoms with E-state index < -0.39 is 0 Å². The quantitative estimate of drug-likeness (QED) is 0.875. The Hall–Kier alpha value is -2.04. The van der Waals surface area contributed by atoms with E-state index in [0.717, 1.165) is 42.9 Å². The van der Waals surface area contributed by atoms with Crippen LogP contribution < -0.4 is 15.0 Å². The van der Waals surface area contributed by atoms with Crippen molar-refractivity contribution in [1.29, 1.82) is 0 Å². The van der Waals surface area contributed by atoms with Crippen LogP contribution in [0.2, 0.25) is 5.02 Å². The number of amides is 1. The van der Waals surface area contributed by atoms with Crippen LogP contribution in [0.4, 0.5) is 5.69 Å². The van der Waals surface area contributed by atoms with Crippen molar-refractivity contribution in [1.82, 2.24) is 0 Å². The molecule has 1 unspecified atom stereocenters. The fourth-order valence-electron chi connectivity index (χ4n) is 3.26. The highest BCUT2D eigenvalue weighted by molar-refractivity contribution is 6.31. The van der Waals surface area contributed by atoms with Crippen LogP contribution in [-0.4, -0.2) is 26.1 Å². The van der Waals surface area contributed by atoms with E-state index in [0.29, 0.717) is 5.02 Å². The number of likely N-dealkylation sites (tertiary alicyclic amines) is 1. The SMILES string of the molecule is COc1ccc(NC(=O)C(c2ccccc2Cl)[NH+]2CCCC2)cc1. The fraction of sp³-hybridized carbons (Fsp3) is 0.316. The molecule has 126 valence electrons. The molecule has 1 amide bonds. The molecule has 0 aromatic heterocycles. The van der Waals surface area contributed by atoms with E-state index in [4.69, 9.17) is 16.3 Å². The largest absolute Gasteiger partial charge is 0.497 e. The van der Waals surface area contributed by atoms with Crippen molar-refractivity contribution < 1.29 is 14.4 Å². The average molecular weight is 346 g/mol. The van der Waals surface area contributed by atoms with Crippen molar-refractivity contribution in [3.05, 3.63) is 59.1 Å². The van der Waals surface area contributed by atoms with E-state index in [1.807, 2.05) is 48.5 Å². The molecule has 0 saturated carbocycles. The van der Waals surface area contributed by atoms with Gasteiger partial charge < -0.3 is 15.0 Å². The molecule has 5 heteroatoms. The Bertz CT molecular complexity index is 697. The molecule has 1 heterocycles. The summed E-state index contributed by atoms with van der Waals surface area (Å²) in [6.07, 6.45) is 2.29. The van der Waals surface area contributed by atoms with Crippen LogP contribution >= 0.6 is 11.6 Å². The van der Waals surface area contributed by atoms with Gasteiger partial charge in [-0.25, -0.2) is 0 Å². The lowest BCUT2D eigenvalue weighted by atomic mass is 10.0. The lowest BCUT2D eigenvalue weighted by Gasteiger charge is -2.24. The molecule has 1 atom stereocenters. The van der Waals surface area contributed by atoms with E-state index in [-0.39, 0.29) is 11.9 Å². The summed E-state index contributed by atoms with van der Waals surface area (Å²) in [5.41, 5.74) is 1.65. The van der Waals surface area contributed by atoms with Crippen molar-refractivity contribution in [3.63, 3.8) is 0 Å². The maximum Gasteiger partial charge on any atom is 0.287 e. The first-order valence-corrected chi connectivity index (χ1v) is 8.61. The van der Waals surface area contributed by atoms with Gasteiger partial charge in [-0.05, 0) is 30.3 Å². The second kappa shape index (κ2) is 7.69. The van der Waals surface area contributed by atoms with Gasteiger partial charge in [0.05, 0.1) is 25.2 Å². The third-order valence-corrected chi connectivity index (χ3v) is 4.83. The number of hydrogen-bond acceptors (Lipinski definition) is 2. The number of nitrogens with one attached hydrogen (secondary N) is 2. The van der Waals surface area contributed by atoms with Gasteiger partial charge in [-0.15, -0.1) is 0 Å². The van der Waals surface area contributed by atoms with Gasteiger partial charge >= 0.3 is 0 Å². The molecular weight excluding hydrogens is 324 g/mol. The highest BCUT2D eigenvalue weighted by atomic mass is 35.5. The number of hydrogen-bond donors (Lipinski definition) is 2. The van der Waals surface area contributed by atoms with Gasteiger partial charge in [0, 0.05) is 24.1 Å². The molecule has 1 saturated heterocycles. The van der Waals surface area contributed by atoms with Gasteiger partial charge in [0.2, 0.25) is 0 Å². The highest BCUT2D eigenvalue weighted by Gasteiger charge is 2.35. The van der Waals surface area contributed by atoms with Crippen LogP contribution in [0.25, 0.3) is 0 Å². The molecule has 1 aliphatic rings. The van der Waals surface area contributed by atoms with Crippen molar-refractivity contribution in [2.75, 3.05) is 25.5 Å². The predicted octanol–water partition coefficient (Wildman–Crippen LogP) is 2.71. The lowest BCUT2D eigenvalue weighted by molar-refractivity contribution is -0.909. The van der Waals surface area contributed by atoms with Crippen LogP contribution in [0.3, 0.4) is 0 Å². The third kappa shape index (κ3) is 3.71. The molecule has 1 aliphatic heterocycles. The third-order valence-electron chi connectivity index (χ3n) is 4.49. The molecule has 2 N–H and O–H groups in total. The zero-order valence-electron chi connectivity index (χ0n) is 13.7. The standard InChI is InChI=1S/C19H21ClN2O2/c1-24-15-10-8-14(9-11-15)21-19(23)18(22-12-4-5-13-22)16-6-2-3-7-17(16)20/h2-3,6-11,18H,4-5,12-13H2,1H3,(H,21,23)/p+1. The summed E-state index contributed by atoms with van der Waals surface area (Å²) in [4.78, 5) is 14.3. The minimum atomic E-state index is -0.289. The first kappa shape index (κ1) is 16.8. The molecule has 2 aromatic carbocycles. The van der Waals surface area contributed by atoms with Gasteiger partial charge in [0.1, 0.15) is 5.75 Å². The monoisotopic (exact) mass is 345 g/mol. The fourth-order valence-corrected chi connectivity index (χ4v) is 3.51. The van der Waals surface area contributed by atoms with E-state index in [1.165, 1.54) is 4.90 Å². The smallest absolute Gasteiger partial charge is 0.287 e. The minimum absolute atomic E-state index is 0.0230. The Morgan fingerprint density at radius 1 is 1.12 bits per heavy atom. The summed E-state index contributed by atoms with van der Waals surface area (Å²) in [6.45, 7) is 1.98. The summed E-state index contributed by atoms with van der Waals surface area (Å²) < 4.78 is 5.15. The number of rotatable bonds is 5. The minimum Gasteiger partial charge on any atom is -0.497 e. The number of anilines is 1. The van der Waals surface area contributed by atoms with Crippen LogP contribution in [0.15, 0.2) is 48.5 Å². The topological polar surface area (TPSA) is 42.8 Å². The number of carbonyl (C=O) groups is 1. The Labute approximate surface area is 147 Å². The van der Waals surface area contributed by atoms with Crippen LogP contribution in [-0.2, 0) is 4.79 Å². The molecule has 1 fully saturated rings. The van der Waals surface area contributed by atoms with Crippen molar-refractivity contribution in [3.8, 4) is 5.75 Å². The van der Waals surface area contributed by atoms with Gasteiger partial charge in [0.15, 0.2) is 6.04 Å². The first-order valence-electron chi connectivity index (χ1n) is 8.23. The molecule has 2 aromatic rings. The number of benzene rings is 2. The molecule has 4 nitrogen and oxygen atoms in total. The normalized spacial score (nSPS) is 15.9. The number of halogens is 1. The van der Waals surface area contributed by atoms with Gasteiger partial charge in [-0.2, -0.15) is 0 Å². The van der Waals surface area contributed by atoms with Crippen LogP contribution in [0.5, 0.6) is 5.75 Å². The molecule has 24 heavy (non-hydrogen) atoms. The number of carbonyl (C=O) groups excluding carboxylic acids is 1. The molecule has 0 bridgehead atoms. The van der Waals surface area contributed by atoms with Crippen molar-refractivity contribution in [2.24, 2.45) is 0 Å². The Kier molecular flexibility index (Phi) is 5.38. The van der Waals surface area contributed by atoms with Crippen LogP contribution in [0, 0.1) is 0 Å². The zero-order chi connectivity index (χ0) is 16.9. The second-order valence-electron chi connectivity index (χ2n) is 6.04. The maximum atomic E-state index is 13.0. The Morgan fingerprint density at radius 2 is 1.79 bits per heavy atom. The van der Waals surface area contributed by atoms with E-state index >= 15 is 0 Å². The summed E-state index contributed by atoms with van der Waals surface area (Å²) >= 11 is 6.37. The predicted molar refractivity (Wildman–Crippen MR) is 95.7 cm³/mol. The Balaban J connectivity index is 1.84. The van der Waals surface area contributed by atoms with Crippen molar-refractivity contribution in [2.45, 2.75) is 18.9 Å². The second-order valence-corrected chi connectivity index (χ2v) is 6.44. The van der Waals surface area contributed by atoms with Gasteiger partial charge in [0.25, 0.3) is 5.91 Å². The number of quaternary nitrogens is 1. The zero-order valence-corrected chi connectivity index (χ0v) is 14.5. The van der Waals surface area contributed by atoms with Crippen LogP contribution in [0.1, 0.15) is 24.4 Å². The highest BCUT2D eigenvalue weighted by Crippen LogP contribution is 2.23. The number of methoxy groups -OCH3 is 1. The summed E-state index contributed by atoms with van der Waals surface area (Å²) in [5, 5.41) is 3.67. The molecule has 0 aliphatic carbocycles. The van der Waals surface area contributed by atoms with Gasteiger partial charge in [-0.3, -0.25) is 4.79 Å². The maximum absolute atomic E-state index is 13.0. The van der Waals surface area contributed by atoms with Crippen molar-refractivity contribution >= 4 is 23.2 Å². The van der Waals surface area contributed by atoms with E-state index in [9.17, 15) is 4.79 Å². The van der Waals surface area contributed by atoms with Gasteiger partial charge in [-0.1, -0.05) is 29.8 Å². The van der Waals surface area contributed by atoms with E-state index in [1.54, 1.807) is 7.11 Å². The molecule has 3 rings (SSSR count). The molecular formula is C19H22ClN2O2+. The summed E-state index contributed by atoms with van der Waals surface area (Å²) in [5.74, 6) is 0.742. The number of ether oxygens (including phenoxy) is 1.